The van der Waals surface area contributed by atoms with Gasteiger partial charge >= 0.3 is 0 Å². The minimum absolute atomic E-state index is 0.0234. The van der Waals surface area contributed by atoms with E-state index in [1.807, 2.05) is 31.2 Å². The van der Waals surface area contributed by atoms with Crippen molar-refractivity contribution < 1.29 is 4.79 Å². The molecule has 0 bridgehead atoms. The third-order valence-electron chi connectivity index (χ3n) is 3.59. The molecule has 2 atom stereocenters. The molecule has 104 valence electrons. The summed E-state index contributed by atoms with van der Waals surface area (Å²) in [4.78, 5) is 12.1. The first-order valence-corrected chi connectivity index (χ1v) is 7.31. The predicted molar refractivity (Wildman–Crippen MR) is 79.9 cm³/mol. The van der Waals surface area contributed by atoms with Crippen LogP contribution in [-0.2, 0) is 11.2 Å². The quantitative estimate of drug-likeness (QED) is 0.836. The van der Waals surface area contributed by atoms with E-state index in [4.69, 9.17) is 34.8 Å². The molecule has 1 fully saturated rings. The van der Waals surface area contributed by atoms with Crippen LogP contribution in [0.2, 0.25) is 5.02 Å². The van der Waals surface area contributed by atoms with E-state index in [1.54, 1.807) is 6.92 Å². The van der Waals surface area contributed by atoms with Crippen LogP contribution in [0.15, 0.2) is 24.3 Å². The highest BCUT2D eigenvalue weighted by atomic mass is 35.5. The van der Waals surface area contributed by atoms with E-state index in [2.05, 4.69) is 5.32 Å². The van der Waals surface area contributed by atoms with Gasteiger partial charge in [-0.1, -0.05) is 23.7 Å². The fourth-order valence-electron chi connectivity index (χ4n) is 2.05. The van der Waals surface area contributed by atoms with Crippen LogP contribution < -0.4 is 5.32 Å². The third-order valence-corrected chi connectivity index (χ3v) is 4.95. The summed E-state index contributed by atoms with van der Waals surface area (Å²) in [6.45, 7) is 3.75. The molecule has 1 amide bonds. The maximum Gasteiger partial charge on any atom is 0.229 e. The first-order chi connectivity index (χ1) is 8.74. The Morgan fingerprint density at radius 3 is 2.37 bits per heavy atom. The molecule has 0 spiro atoms. The van der Waals surface area contributed by atoms with Crippen LogP contribution in [0.3, 0.4) is 0 Å². The van der Waals surface area contributed by atoms with E-state index < -0.39 is 9.75 Å². The minimum atomic E-state index is -0.920. The standard InChI is InChI=1S/C14H16Cl3NO/c1-9(7-10-3-5-11(15)6-4-10)18-12(19)13(2)8-14(13,16)17/h3-6,9H,7-8H2,1-2H3,(H,18,19)/t9-,13+/m0/s1. The third kappa shape index (κ3) is 3.18. The van der Waals surface area contributed by atoms with Crippen LogP contribution in [0.25, 0.3) is 0 Å². The molecule has 1 aliphatic rings. The molecular formula is C14H16Cl3NO. The van der Waals surface area contributed by atoms with E-state index in [-0.39, 0.29) is 11.9 Å². The van der Waals surface area contributed by atoms with E-state index >= 15 is 0 Å². The van der Waals surface area contributed by atoms with Gasteiger partial charge in [0.2, 0.25) is 5.91 Å². The van der Waals surface area contributed by atoms with Gasteiger partial charge in [0.05, 0.1) is 5.41 Å². The number of hydrogen-bond donors (Lipinski definition) is 1. The van der Waals surface area contributed by atoms with Crippen molar-refractivity contribution in [2.75, 3.05) is 0 Å². The van der Waals surface area contributed by atoms with Crippen molar-refractivity contribution in [2.24, 2.45) is 5.41 Å². The molecule has 5 heteroatoms. The number of hydrogen-bond acceptors (Lipinski definition) is 1. The predicted octanol–water partition coefficient (Wildman–Crippen LogP) is 3.97. The summed E-state index contributed by atoms with van der Waals surface area (Å²) in [5, 5.41) is 3.67. The summed E-state index contributed by atoms with van der Waals surface area (Å²) in [6.07, 6.45) is 1.25. The molecule has 0 radical (unpaired) electrons. The lowest BCUT2D eigenvalue weighted by molar-refractivity contribution is -0.126. The monoisotopic (exact) mass is 319 g/mol. The lowest BCUT2D eigenvalue weighted by Gasteiger charge is -2.18. The van der Waals surface area contributed by atoms with Crippen molar-refractivity contribution >= 4 is 40.7 Å². The molecule has 0 unspecified atom stereocenters. The fourth-order valence-corrected chi connectivity index (χ4v) is 2.89. The number of nitrogens with one attached hydrogen (secondary N) is 1. The lowest BCUT2D eigenvalue weighted by Crippen LogP contribution is -2.40. The van der Waals surface area contributed by atoms with Crippen LogP contribution >= 0.6 is 34.8 Å². The Hall–Kier alpha value is -0.440. The number of alkyl halides is 2. The van der Waals surface area contributed by atoms with Crippen LogP contribution in [-0.4, -0.2) is 16.3 Å². The summed E-state index contributed by atoms with van der Waals surface area (Å²) in [6, 6.07) is 7.62. The highest BCUT2D eigenvalue weighted by molar-refractivity contribution is 6.53. The van der Waals surface area contributed by atoms with Crippen LogP contribution in [0.1, 0.15) is 25.8 Å². The molecule has 0 saturated heterocycles. The first-order valence-electron chi connectivity index (χ1n) is 6.18. The molecule has 1 saturated carbocycles. The largest absolute Gasteiger partial charge is 0.353 e. The molecule has 2 rings (SSSR count). The number of carbonyl (C=O) groups excluding carboxylic acids is 1. The lowest BCUT2D eigenvalue weighted by atomic mass is 10.0. The van der Waals surface area contributed by atoms with Gasteiger partial charge in [-0.25, -0.2) is 0 Å². The van der Waals surface area contributed by atoms with E-state index in [1.165, 1.54) is 0 Å². The summed E-state index contributed by atoms with van der Waals surface area (Å²) >= 11 is 17.8. The molecule has 0 aromatic heterocycles. The smallest absolute Gasteiger partial charge is 0.229 e. The Bertz CT molecular complexity index is 486. The van der Waals surface area contributed by atoms with Gasteiger partial charge < -0.3 is 5.32 Å². The van der Waals surface area contributed by atoms with Crippen molar-refractivity contribution in [3.8, 4) is 0 Å². The average molecular weight is 321 g/mol. The van der Waals surface area contributed by atoms with Gasteiger partial charge in [0.1, 0.15) is 4.33 Å². The maximum atomic E-state index is 12.1. The summed E-state index contributed by atoms with van der Waals surface area (Å²) in [5.41, 5.74) is 0.464. The molecule has 1 aromatic rings. The van der Waals surface area contributed by atoms with Crippen molar-refractivity contribution in [2.45, 2.75) is 37.1 Å². The van der Waals surface area contributed by atoms with Gasteiger partial charge in [-0.15, -0.1) is 23.2 Å². The van der Waals surface area contributed by atoms with Gasteiger partial charge in [-0.3, -0.25) is 4.79 Å². The number of carbonyl (C=O) groups is 1. The Labute approximate surface area is 128 Å². The number of halogens is 3. The van der Waals surface area contributed by atoms with Crippen molar-refractivity contribution in [3.05, 3.63) is 34.9 Å². The van der Waals surface area contributed by atoms with Gasteiger partial charge in [0.15, 0.2) is 0 Å². The summed E-state index contributed by atoms with van der Waals surface area (Å²) in [7, 11) is 0. The van der Waals surface area contributed by atoms with Crippen molar-refractivity contribution in [1.29, 1.82) is 0 Å². The Balaban J connectivity index is 1.90. The Morgan fingerprint density at radius 1 is 1.37 bits per heavy atom. The van der Waals surface area contributed by atoms with Crippen molar-refractivity contribution in [3.63, 3.8) is 0 Å². The highest BCUT2D eigenvalue weighted by Gasteiger charge is 2.67. The van der Waals surface area contributed by atoms with Crippen LogP contribution in [0, 0.1) is 5.41 Å². The molecule has 0 heterocycles. The van der Waals surface area contributed by atoms with Gasteiger partial charge in [-0.05, 0) is 44.4 Å². The second-order valence-corrected chi connectivity index (χ2v) is 7.34. The van der Waals surface area contributed by atoms with E-state index in [9.17, 15) is 4.79 Å². The number of benzene rings is 1. The second kappa shape index (κ2) is 5.16. The first kappa shape index (κ1) is 15.0. The summed E-state index contributed by atoms with van der Waals surface area (Å²) in [5.74, 6) is -0.0843. The average Bonchev–Trinajstić information content (AvgIpc) is 2.83. The zero-order chi connectivity index (χ0) is 14.3. The van der Waals surface area contributed by atoms with Crippen molar-refractivity contribution in [1.82, 2.24) is 5.32 Å². The zero-order valence-corrected chi connectivity index (χ0v) is 13.1. The van der Waals surface area contributed by atoms with Crippen LogP contribution in [0.4, 0.5) is 0 Å². The Kier molecular flexibility index (Phi) is 4.06. The van der Waals surface area contributed by atoms with E-state index in [0.29, 0.717) is 11.4 Å². The molecule has 1 N–H and O–H groups in total. The highest BCUT2D eigenvalue weighted by Crippen LogP contribution is 2.63. The van der Waals surface area contributed by atoms with E-state index in [0.717, 1.165) is 12.0 Å². The van der Waals surface area contributed by atoms with Gasteiger partial charge in [-0.2, -0.15) is 0 Å². The molecule has 1 aliphatic carbocycles. The normalized spacial score (nSPS) is 25.7. The fraction of sp³-hybridized carbons (Fsp3) is 0.500. The number of rotatable bonds is 4. The minimum Gasteiger partial charge on any atom is -0.353 e. The maximum absolute atomic E-state index is 12.1. The molecular weight excluding hydrogens is 305 g/mol. The SMILES string of the molecule is C[C@@H](Cc1ccc(Cl)cc1)NC(=O)[C@@]1(C)CC1(Cl)Cl. The molecule has 1 aromatic carbocycles. The van der Waals surface area contributed by atoms with Crippen LogP contribution in [0.5, 0.6) is 0 Å². The topological polar surface area (TPSA) is 29.1 Å². The second-order valence-electron chi connectivity index (χ2n) is 5.42. The number of amides is 1. The molecule has 0 aliphatic heterocycles. The zero-order valence-electron chi connectivity index (χ0n) is 10.8. The van der Waals surface area contributed by atoms with Gasteiger partial charge in [0.25, 0.3) is 0 Å². The molecule has 19 heavy (non-hydrogen) atoms. The van der Waals surface area contributed by atoms with Gasteiger partial charge in [0, 0.05) is 11.1 Å². The Morgan fingerprint density at radius 2 is 1.89 bits per heavy atom. The molecule has 2 nitrogen and oxygen atoms in total. The summed E-state index contributed by atoms with van der Waals surface area (Å²) < 4.78 is -0.920.